The summed E-state index contributed by atoms with van der Waals surface area (Å²) in [4.78, 5) is 2.15. The number of benzene rings is 2. The van der Waals surface area contributed by atoms with E-state index < -0.39 is 0 Å². The summed E-state index contributed by atoms with van der Waals surface area (Å²) in [6, 6.07) is 15.1. The number of phenolic OH excluding ortho intramolecular Hbond substituents is 1. The van der Waals surface area contributed by atoms with E-state index in [0.717, 1.165) is 31.2 Å². The third-order valence-electron chi connectivity index (χ3n) is 10.2. The Labute approximate surface area is 210 Å². The first-order chi connectivity index (χ1) is 16.9. The van der Waals surface area contributed by atoms with Crippen molar-refractivity contribution in [1.29, 1.82) is 0 Å². The van der Waals surface area contributed by atoms with Gasteiger partial charge in [0.1, 0.15) is 18.1 Å². The second kappa shape index (κ2) is 8.81. The van der Waals surface area contributed by atoms with Crippen molar-refractivity contribution >= 4 is 0 Å². The molecule has 4 aliphatic rings. The van der Waals surface area contributed by atoms with Crippen molar-refractivity contribution < 1.29 is 14.6 Å². The van der Waals surface area contributed by atoms with Crippen LogP contribution in [0, 0.1) is 17.3 Å². The molecule has 1 spiro atoms. The van der Waals surface area contributed by atoms with E-state index in [0.29, 0.717) is 30.1 Å². The monoisotopic (exact) mass is 475 g/mol. The molecule has 35 heavy (non-hydrogen) atoms. The zero-order chi connectivity index (χ0) is 24.2. The van der Waals surface area contributed by atoms with Crippen molar-refractivity contribution in [1.82, 2.24) is 4.90 Å². The van der Waals surface area contributed by atoms with E-state index in [-0.39, 0.29) is 11.0 Å². The molecule has 0 bridgehead atoms. The minimum atomic E-state index is 0.0748. The van der Waals surface area contributed by atoms with Crippen molar-refractivity contribution in [2.75, 3.05) is 33.9 Å². The summed E-state index contributed by atoms with van der Waals surface area (Å²) in [5.74, 6) is 3.72. The smallest absolute Gasteiger partial charge is 0.119 e. The molecule has 0 radical (unpaired) electrons. The van der Waals surface area contributed by atoms with Gasteiger partial charge in [-0.05, 0) is 124 Å². The summed E-state index contributed by atoms with van der Waals surface area (Å²) in [6.07, 6.45) is 8.45. The fourth-order valence-electron chi connectivity index (χ4n) is 8.60. The summed E-state index contributed by atoms with van der Waals surface area (Å²) in [6.45, 7) is 5.13. The first-order valence-electron chi connectivity index (χ1n) is 13.7. The van der Waals surface area contributed by atoms with Gasteiger partial charge in [-0.3, -0.25) is 0 Å². The van der Waals surface area contributed by atoms with E-state index in [1.165, 1.54) is 55.2 Å². The number of nitrogens with zero attached hydrogens (tertiary/aromatic N) is 1. The maximum absolute atomic E-state index is 10.2. The average Bonchev–Trinajstić information content (AvgIpc) is 3.44. The Bertz CT molecular complexity index is 1060. The highest BCUT2D eigenvalue weighted by atomic mass is 16.5. The molecule has 2 saturated carbocycles. The van der Waals surface area contributed by atoms with Gasteiger partial charge in [0.15, 0.2) is 0 Å². The number of phenols is 1. The maximum atomic E-state index is 10.2. The van der Waals surface area contributed by atoms with Crippen LogP contribution in [0.2, 0.25) is 0 Å². The van der Waals surface area contributed by atoms with Crippen molar-refractivity contribution in [2.45, 2.75) is 69.3 Å². The maximum Gasteiger partial charge on any atom is 0.119 e. The number of likely N-dealkylation sites (N-methyl/N-ethyl adjacent to an activating group) is 1. The number of ether oxygens (including phenoxy) is 2. The molecule has 1 aliphatic heterocycles. The molecule has 0 aromatic heterocycles. The number of fused-ring (bicyclic) bond motifs is 6. The Morgan fingerprint density at radius 1 is 1.09 bits per heavy atom. The molecule has 4 heteroatoms. The number of rotatable bonds is 5. The van der Waals surface area contributed by atoms with Crippen molar-refractivity contribution in [3.05, 3.63) is 59.2 Å². The number of hydrogen-bond donors (Lipinski definition) is 1. The van der Waals surface area contributed by atoms with Crippen molar-refractivity contribution in [3.63, 3.8) is 0 Å². The van der Waals surface area contributed by atoms with Crippen LogP contribution >= 0.6 is 0 Å². The normalized spacial score (nSPS) is 35.7. The van der Waals surface area contributed by atoms with Crippen LogP contribution in [0.3, 0.4) is 0 Å². The topological polar surface area (TPSA) is 41.9 Å². The highest BCUT2D eigenvalue weighted by Gasteiger charge is 2.65. The van der Waals surface area contributed by atoms with Gasteiger partial charge in [-0.2, -0.15) is 0 Å². The Balaban J connectivity index is 1.37. The molecule has 3 aliphatic carbocycles. The van der Waals surface area contributed by atoms with Gasteiger partial charge in [-0.25, -0.2) is 0 Å². The van der Waals surface area contributed by atoms with E-state index in [1.807, 2.05) is 12.1 Å². The third-order valence-corrected chi connectivity index (χ3v) is 10.2. The Morgan fingerprint density at radius 2 is 1.91 bits per heavy atom. The Kier molecular flexibility index (Phi) is 5.88. The van der Waals surface area contributed by atoms with Gasteiger partial charge in [0.25, 0.3) is 0 Å². The van der Waals surface area contributed by atoms with Crippen LogP contribution in [0.15, 0.2) is 42.5 Å². The fourth-order valence-corrected chi connectivity index (χ4v) is 8.60. The van der Waals surface area contributed by atoms with Gasteiger partial charge in [0.05, 0.1) is 5.60 Å². The first-order valence-corrected chi connectivity index (χ1v) is 13.7. The molecule has 2 aromatic rings. The first kappa shape index (κ1) is 23.4. The van der Waals surface area contributed by atoms with Gasteiger partial charge < -0.3 is 19.5 Å². The molecular weight excluding hydrogens is 434 g/mol. The van der Waals surface area contributed by atoms with Crippen LogP contribution < -0.4 is 4.74 Å². The Hall–Kier alpha value is -2.04. The minimum Gasteiger partial charge on any atom is -0.508 e. The van der Waals surface area contributed by atoms with E-state index in [4.69, 9.17) is 9.47 Å². The van der Waals surface area contributed by atoms with Crippen LogP contribution in [0.25, 0.3) is 0 Å². The zero-order valence-electron chi connectivity index (χ0n) is 21.6. The van der Waals surface area contributed by atoms with E-state index in [9.17, 15) is 5.11 Å². The van der Waals surface area contributed by atoms with Crippen molar-refractivity contribution in [2.24, 2.45) is 17.3 Å². The molecular formula is C31H41NO3. The second-order valence-corrected chi connectivity index (χ2v) is 12.2. The van der Waals surface area contributed by atoms with Gasteiger partial charge >= 0.3 is 0 Å². The standard InChI is InChI=1S/C31H41NO3/c1-30-20-27(21-5-9-24(10-6-21)34-18-16-32(2)3)29-25-12-8-23(33)19-22(25)7-11-26(29)28(30)13-15-31(30)14-4-17-35-31/h5-6,8-10,12,19,26-29,33H,4,7,11,13-18,20H2,1-3H3/t26-,27+,28-,29+,30-,31-/m0/s1. The lowest BCUT2D eigenvalue weighted by atomic mass is 9.49. The van der Waals surface area contributed by atoms with Crippen LogP contribution in [0.1, 0.15) is 74.0 Å². The highest BCUT2D eigenvalue weighted by Crippen LogP contribution is 2.70. The number of hydrogen-bond acceptors (Lipinski definition) is 4. The molecule has 6 atom stereocenters. The lowest BCUT2D eigenvalue weighted by Crippen LogP contribution is -2.52. The molecule has 188 valence electrons. The van der Waals surface area contributed by atoms with Crippen molar-refractivity contribution in [3.8, 4) is 11.5 Å². The summed E-state index contributed by atoms with van der Waals surface area (Å²) < 4.78 is 12.7. The quantitative estimate of drug-likeness (QED) is 0.565. The number of aromatic hydroxyl groups is 1. The highest BCUT2D eigenvalue weighted by molar-refractivity contribution is 5.44. The predicted molar refractivity (Wildman–Crippen MR) is 139 cm³/mol. The van der Waals surface area contributed by atoms with E-state index in [2.05, 4.69) is 56.3 Å². The Morgan fingerprint density at radius 3 is 2.66 bits per heavy atom. The van der Waals surface area contributed by atoms with Crippen LogP contribution in [0.4, 0.5) is 0 Å². The molecule has 1 heterocycles. The second-order valence-electron chi connectivity index (χ2n) is 12.2. The van der Waals surface area contributed by atoms with Crippen LogP contribution in [0.5, 0.6) is 11.5 Å². The molecule has 0 unspecified atom stereocenters. The largest absolute Gasteiger partial charge is 0.508 e. The van der Waals surface area contributed by atoms with Crippen LogP contribution in [-0.2, 0) is 11.2 Å². The lowest BCUT2D eigenvalue weighted by Gasteiger charge is -2.57. The summed E-state index contributed by atoms with van der Waals surface area (Å²) in [5.41, 5.74) is 4.57. The zero-order valence-corrected chi connectivity index (χ0v) is 21.6. The molecule has 1 saturated heterocycles. The molecule has 0 amide bonds. The van der Waals surface area contributed by atoms with E-state index >= 15 is 0 Å². The summed E-state index contributed by atoms with van der Waals surface area (Å²) in [5, 5.41) is 10.2. The predicted octanol–water partition coefficient (Wildman–Crippen LogP) is 6.13. The number of aryl methyl sites for hydroxylation is 1. The molecule has 3 fully saturated rings. The van der Waals surface area contributed by atoms with Crippen LogP contribution in [-0.4, -0.2) is 49.5 Å². The molecule has 6 rings (SSSR count). The fraction of sp³-hybridized carbons (Fsp3) is 0.613. The lowest BCUT2D eigenvalue weighted by molar-refractivity contribution is -0.119. The van der Waals surface area contributed by atoms with Gasteiger partial charge in [-0.1, -0.05) is 25.1 Å². The summed E-state index contributed by atoms with van der Waals surface area (Å²) in [7, 11) is 4.15. The SMILES string of the molecule is CN(C)CCOc1ccc([C@H]2C[C@@]3(C)[C@@H](CC[C@@]34CCCO4)[C@@H]3CCc4cc(O)ccc4[C@H]32)cc1. The molecule has 1 N–H and O–H groups in total. The summed E-state index contributed by atoms with van der Waals surface area (Å²) >= 11 is 0. The third kappa shape index (κ3) is 3.79. The van der Waals surface area contributed by atoms with Gasteiger partial charge in [-0.15, -0.1) is 0 Å². The van der Waals surface area contributed by atoms with Gasteiger partial charge in [0.2, 0.25) is 0 Å². The average molecular weight is 476 g/mol. The molecule has 4 nitrogen and oxygen atoms in total. The van der Waals surface area contributed by atoms with Gasteiger partial charge in [0, 0.05) is 18.6 Å². The molecule has 2 aromatic carbocycles. The minimum absolute atomic E-state index is 0.0748. The van der Waals surface area contributed by atoms with E-state index in [1.54, 1.807) is 0 Å².